The second kappa shape index (κ2) is 20.3. The predicted molar refractivity (Wildman–Crippen MR) is 266 cm³/mol. The molecular weight excluding hydrogens is 959 g/mol. The third kappa shape index (κ3) is 11.3. The standard InChI is InChI=1S/C24H26F2O5.C19H30F2O2Si.C13H16F2O2/c1-23(2,28)24(25,26)19-6-4-5-18-17(19)9-10-20(18)31-15-7-8-16-14(11-22(27)29-3)13-30-21(16)12-15;1-17(2,3)24(6,7)23-16-12-11-13-14(16)9-8-10-15(13)19(20,21)18(4,5)22;1-12(2,17)13(14,15)10-5-3-4-9-8(10)6-7-11(9)16/h4-8,12,14,20,28H,9-11,13H2,1-3H3;8-10,16,22H,11-12H2,1-7H3;3-5,11,16-17H,6-7H2,1-2H3/t14-,20-;16-;11-/m100/s1. The molecule has 3 aliphatic carbocycles. The minimum atomic E-state index is -3.37. The van der Waals surface area contributed by atoms with E-state index >= 15 is 0 Å². The van der Waals surface area contributed by atoms with E-state index in [0.29, 0.717) is 78.0 Å². The highest BCUT2D eigenvalue weighted by atomic mass is 28.4. The van der Waals surface area contributed by atoms with Crippen molar-refractivity contribution in [3.05, 3.63) is 128 Å². The fourth-order valence-electron chi connectivity index (χ4n) is 9.46. The van der Waals surface area contributed by atoms with E-state index in [2.05, 4.69) is 33.9 Å². The number of carbonyl (C=O) groups is 1. The highest BCUT2D eigenvalue weighted by molar-refractivity contribution is 6.74. The average Bonchev–Trinajstić information content (AvgIpc) is 4.08. The number of carbonyl (C=O) groups excluding carboxylic acids is 1. The van der Waals surface area contributed by atoms with Gasteiger partial charge in [0.15, 0.2) is 8.32 Å². The van der Waals surface area contributed by atoms with Crippen LogP contribution in [0.25, 0.3) is 0 Å². The van der Waals surface area contributed by atoms with Crippen LogP contribution in [0, 0.1) is 0 Å². The lowest BCUT2D eigenvalue weighted by Crippen LogP contribution is -2.41. The van der Waals surface area contributed by atoms with Crippen LogP contribution in [0.15, 0.2) is 72.8 Å². The molecule has 72 heavy (non-hydrogen) atoms. The number of methoxy groups -OCH3 is 1. The number of alkyl halides is 6. The number of aliphatic hydroxyl groups is 4. The lowest BCUT2D eigenvalue weighted by molar-refractivity contribution is -0.169. The summed E-state index contributed by atoms with van der Waals surface area (Å²) in [4.78, 5) is 11.6. The van der Waals surface area contributed by atoms with Gasteiger partial charge >= 0.3 is 23.7 Å². The summed E-state index contributed by atoms with van der Waals surface area (Å²) in [6.45, 7) is 18.0. The summed E-state index contributed by atoms with van der Waals surface area (Å²) in [5.74, 6) is -9.09. The fourth-order valence-corrected chi connectivity index (χ4v) is 10.8. The first-order valence-electron chi connectivity index (χ1n) is 24.6. The molecular formula is C56H72F6O9Si. The topological polar surface area (TPSA) is 135 Å². The molecule has 4 aliphatic rings. The molecule has 1 heterocycles. The third-order valence-corrected chi connectivity index (χ3v) is 19.5. The number of aliphatic hydroxyl groups excluding tert-OH is 1. The van der Waals surface area contributed by atoms with Crippen LogP contribution in [-0.2, 0) is 51.0 Å². The number of hydrogen-bond donors (Lipinski definition) is 4. The first-order chi connectivity index (χ1) is 33.0. The molecule has 0 unspecified atom stereocenters. The van der Waals surface area contributed by atoms with Crippen molar-refractivity contribution in [3.8, 4) is 11.5 Å². The Morgan fingerprint density at radius 3 is 1.51 bits per heavy atom. The van der Waals surface area contributed by atoms with Gasteiger partial charge in [0, 0.05) is 34.2 Å². The minimum Gasteiger partial charge on any atom is -0.492 e. The van der Waals surface area contributed by atoms with Gasteiger partial charge in [0.2, 0.25) is 0 Å². The van der Waals surface area contributed by atoms with E-state index in [4.69, 9.17) is 18.6 Å². The molecule has 0 saturated carbocycles. The normalized spacial score (nSPS) is 20.0. The molecule has 0 bridgehead atoms. The predicted octanol–water partition coefficient (Wildman–Crippen LogP) is 12.7. The highest BCUT2D eigenvalue weighted by Crippen LogP contribution is 2.50. The Labute approximate surface area is 421 Å². The van der Waals surface area contributed by atoms with E-state index < -0.39 is 49.0 Å². The molecule has 8 rings (SSSR count). The van der Waals surface area contributed by atoms with Gasteiger partial charge < -0.3 is 39.1 Å². The van der Waals surface area contributed by atoms with Crippen molar-refractivity contribution < 1.29 is 70.2 Å². The van der Waals surface area contributed by atoms with Crippen molar-refractivity contribution in [2.75, 3.05) is 13.7 Å². The van der Waals surface area contributed by atoms with Gasteiger partial charge in [-0.05, 0) is 138 Å². The van der Waals surface area contributed by atoms with Crippen molar-refractivity contribution in [2.24, 2.45) is 0 Å². The third-order valence-electron chi connectivity index (χ3n) is 15.0. The van der Waals surface area contributed by atoms with Gasteiger partial charge in [-0.2, -0.15) is 26.3 Å². The SMILES string of the molecule is CC(C)(O)C(F)(F)c1cccc2c1CC[C@@H]2O.CC(C)(O)C(F)(F)c1cccc2c1CC[C@@H]2O[Si](C)(C)C(C)(C)C.COC(=O)C[C@@H]1COc2cc(O[C@@H]3CCc4c3cccc4C(F)(F)C(C)(C)O)ccc21. The molecule has 396 valence electrons. The zero-order valence-corrected chi connectivity index (χ0v) is 44.5. The monoisotopic (exact) mass is 1030 g/mol. The number of ether oxygens (including phenoxy) is 3. The molecule has 1 aliphatic heterocycles. The van der Waals surface area contributed by atoms with E-state index in [1.165, 1.54) is 31.4 Å². The Bertz CT molecular complexity index is 2590. The van der Waals surface area contributed by atoms with Crippen LogP contribution in [0.1, 0.15) is 168 Å². The van der Waals surface area contributed by atoms with Crippen LogP contribution in [0.3, 0.4) is 0 Å². The maximum atomic E-state index is 14.8. The van der Waals surface area contributed by atoms with Crippen LogP contribution in [0.4, 0.5) is 26.3 Å². The number of fused-ring (bicyclic) bond motifs is 4. The summed E-state index contributed by atoms with van der Waals surface area (Å²) in [5.41, 5.74) is -2.03. The molecule has 4 atom stereocenters. The van der Waals surface area contributed by atoms with Gasteiger partial charge in [-0.3, -0.25) is 4.79 Å². The lowest BCUT2D eigenvalue weighted by Gasteiger charge is -2.38. The molecule has 0 aromatic heterocycles. The summed E-state index contributed by atoms with van der Waals surface area (Å²) in [6, 6.07) is 19.7. The van der Waals surface area contributed by atoms with E-state index in [1.54, 1.807) is 30.3 Å². The number of hydrogen-bond acceptors (Lipinski definition) is 9. The van der Waals surface area contributed by atoms with Crippen LogP contribution in [0.5, 0.6) is 11.5 Å². The summed E-state index contributed by atoms with van der Waals surface area (Å²) in [7, 11) is -0.616. The maximum absolute atomic E-state index is 14.8. The second-order valence-corrected chi connectivity index (χ2v) is 27.4. The minimum absolute atomic E-state index is 0.0599. The molecule has 0 spiro atoms. The fraction of sp³-hybridized carbons (Fsp3) is 0.554. The van der Waals surface area contributed by atoms with Crippen LogP contribution < -0.4 is 9.47 Å². The summed E-state index contributed by atoms with van der Waals surface area (Å²) < 4.78 is 110. The van der Waals surface area contributed by atoms with Crippen LogP contribution in [0.2, 0.25) is 18.1 Å². The van der Waals surface area contributed by atoms with E-state index in [1.807, 2.05) is 18.2 Å². The molecule has 4 aromatic carbocycles. The van der Waals surface area contributed by atoms with Crippen molar-refractivity contribution in [3.63, 3.8) is 0 Å². The Balaban J connectivity index is 0.000000185. The largest absolute Gasteiger partial charge is 0.492 e. The summed E-state index contributed by atoms with van der Waals surface area (Å²) in [5, 5.41) is 39.2. The lowest BCUT2D eigenvalue weighted by atomic mass is 9.89. The Morgan fingerprint density at radius 1 is 0.625 bits per heavy atom. The van der Waals surface area contributed by atoms with Crippen LogP contribution in [-0.4, -0.2) is 65.2 Å². The van der Waals surface area contributed by atoms with Crippen molar-refractivity contribution in [1.29, 1.82) is 0 Å². The van der Waals surface area contributed by atoms with Crippen molar-refractivity contribution in [2.45, 2.75) is 184 Å². The van der Waals surface area contributed by atoms with Crippen molar-refractivity contribution >= 4 is 14.3 Å². The molecule has 0 amide bonds. The number of halogens is 6. The highest BCUT2D eigenvalue weighted by Gasteiger charge is 2.52. The number of esters is 1. The van der Waals surface area contributed by atoms with E-state index in [0.717, 1.165) is 59.1 Å². The number of benzene rings is 4. The van der Waals surface area contributed by atoms with Gasteiger partial charge in [-0.1, -0.05) is 81.4 Å². The van der Waals surface area contributed by atoms with E-state index in [9.17, 15) is 51.6 Å². The Hall–Kier alpha value is -4.45. The smallest absolute Gasteiger partial charge is 0.306 e. The van der Waals surface area contributed by atoms with Gasteiger partial charge in [-0.15, -0.1) is 0 Å². The quantitative estimate of drug-likeness (QED) is 0.0621. The maximum Gasteiger partial charge on any atom is 0.306 e. The average molecular weight is 1030 g/mol. The Morgan fingerprint density at radius 2 is 1.06 bits per heavy atom. The molecule has 0 saturated heterocycles. The molecule has 0 radical (unpaired) electrons. The molecule has 16 heteroatoms. The molecule has 4 N–H and O–H groups in total. The first-order valence-corrected chi connectivity index (χ1v) is 27.5. The van der Waals surface area contributed by atoms with Crippen molar-refractivity contribution in [1.82, 2.24) is 0 Å². The molecule has 0 fully saturated rings. The van der Waals surface area contributed by atoms with Gasteiger partial charge in [0.05, 0.1) is 32.3 Å². The van der Waals surface area contributed by atoms with Gasteiger partial charge in [0.25, 0.3) is 0 Å². The van der Waals surface area contributed by atoms with Crippen LogP contribution >= 0.6 is 0 Å². The number of rotatable bonds is 12. The summed E-state index contributed by atoms with van der Waals surface area (Å²) in [6.07, 6.45) is 2.29. The van der Waals surface area contributed by atoms with E-state index in [-0.39, 0.29) is 52.2 Å². The summed E-state index contributed by atoms with van der Waals surface area (Å²) >= 11 is 0. The van der Waals surface area contributed by atoms with Gasteiger partial charge in [-0.25, -0.2) is 0 Å². The first kappa shape index (κ1) is 56.8. The second-order valence-electron chi connectivity index (χ2n) is 22.6. The molecule has 9 nitrogen and oxygen atoms in total. The zero-order chi connectivity index (χ0) is 53.8. The zero-order valence-electron chi connectivity index (χ0n) is 43.5. The molecule has 4 aromatic rings. The van der Waals surface area contributed by atoms with Gasteiger partial charge in [0.1, 0.15) is 34.4 Å². The Kier molecular flexibility index (Phi) is 16.1.